The van der Waals surface area contributed by atoms with Gasteiger partial charge in [0.05, 0.1) is 16.1 Å². The molecular weight excluding hydrogens is 498 g/mol. The maximum atomic E-state index is 12.8. The number of hydrogen-bond donors (Lipinski definition) is 0. The van der Waals surface area contributed by atoms with Crippen molar-refractivity contribution in [1.29, 1.82) is 0 Å². The summed E-state index contributed by atoms with van der Waals surface area (Å²) >= 11 is 0. The van der Waals surface area contributed by atoms with Crippen molar-refractivity contribution in [3.8, 4) is 11.5 Å². The molecule has 0 bridgehead atoms. The van der Waals surface area contributed by atoms with E-state index in [0.717, 1.165) is 12.1 Å². The Kier molecular flexibility index (Phi) is 6.87. The van der Waals surface area contributed by atoms with Crippen LogP contribution in [0.1, 0.15) is 0 Å². The number of benzene rings is 1. The Balaban J connectivity index is 3.88. The summed E-state index contributed by atoms with van der Waals surface area (Å²) in [7, 11) is -17.7. The van der Waals surface area contributed by atoms with Gasteiger partial charge in [-0.1, -0.05) is 39.3 Å². The molecule has 0 N–H and O–H groups in total. The molecule has 16 heteroatoms. The van der Waals surface area contributed by atoms with Crippen LogP contribution in [0.15, 0.2) is 12.1 Å². The fraction of sp³-hybridized carbons (Fsp3) is 0.571. The summed E-state index contributed by atoms with van der Waals surface area (Å²) in [6.07, 6.45) is 0. The van der Waals surface area contributed by atoms with Gasteiger partial charge in [0, 0.05) is 0 Å². The van der Waals surface area contributed by atoms with Crippen LogP contribution >= 0.6 is 0 Å². The summed E-state index contributed by atoms with van der Waals surface area (Å²) < 4.78 is 131. The Morgan fingerprint density at radius 3 is 1.03 bits per heavy atom. The van der Waals surface area contributed by atoms with Gasteiger partial charge in [-0.05, 0) is 22.5 Å². The normalized spacial score (nSPS) is 14.5. The maximum absolute atomic E-state index is 12.8. The molecular formula is C14H20F6O6S2Si2. The van der Waals surface area contributed by atoms with Crippen LogP contribution in [0.4, 0.5) is 26.3 Å². The Morgan fingerprint density at radius 2 is 0.867 bits per heavy atom. The zero-order valence-electron chi connectivity index (χ0n) is 16.7. The van der Waals surface area contributed by atoms with E-state index in [4.69, 9.17) is 0 Å². The summed E-state index contributed by atoms with van der Waals surface area (Å²) in [6.45, 7) is 9.28. The third-order valence-electron chi connectivity index (χ3n) is 3.66. The lowest BCUT2D eigenvalue weighted by molar-refractivity contribution is -0.0505. The molecule has 0 aliphatic carbocycles. The molecule has 0 heterocycles. The van der Waals surface area contributed by atoms with E-state index in [1.165, 1.54) is 0 Å². The minimum absolute atomic E-state index is 0.162. The van der Waals surface area contributed by atoms with Crippen LogP contribution in [0.5, 0.6) is 11.5 Å². The van der Waals surface area contributed by atoms with Gasteiger partial charge in [0.25, 0.3) is 0 Å². The summed E-state index contributed by atoms with van der Waals surface area (Å²) in [5, 5.41) is -0.325. The van der Waals surface area contributed by atoms with Crippen LogP contribution in [0.3, 0.4) is 0 Å². The topological polar surface area (TPSA) is 86.7 Å². The predicted molar refractivity (Wildman–Crippen MR) is 104 cm³/mol. The highest BCUT2D eigenvalue weighted by molar-refractivity contribution is 7.88. The predicted octanol–water partition coefficient (Wildman–Crippen LogP) is 3.23. The van der Waals surface area contributed by atoms with Gasteiger partial charge in [-0.25, -0.2) is 0 Å². The monoisotopic (exact) mass is 518 g/mol. The van der Waals surface area contributed by atoms with Crippen molar-refractivity contribution in [3.05, 3.63) is 12.1 Å². The molecule has 0 saturated carbocycles. The van der Waals surface area contributed by atoms with Crippen molar-refractivity contribution in [3.63, 3.8) is 0 Å². The van der Waals surface area contributed by atoms with E-state index in [2.05, 4.69) is 8.37 Å². The van der Waals surface area contributed by atoms with E-state index in [1.807, 2.05) is 0 Å². The van der Waals surface area contributed by atoms with Crippen LogP contribution in [0, 0.1) is 0 Å². The van der Waals surface area contributed by atoms with E-state index >= 15 is 0 Å². The van der Waals surface area contributed by atoms with Crippen LogP contribution < -0.4 is 18.7 Å². The molecule has 0 atom stereocenters. The molecule has 0 spiro atoms. The van der Waals surface area contributed by atoms with Crippen LogP contribution in [-0.2, 0) is 20.2 Å². The lowest BCUT2D eigenvalue weighted by atomic mass is 10.3. The molecule has 30 heavy (non-hydrogen) atoms. The highest BCUT2D eigenvalue weighted by Crippen LogP contribution is 2.31. The lowest BCUT2D eigenvalue weighted by Gasteiger charge is -2.27. The van der Waals surface area contributed by atoms with Crippen molar-refractivity contribution in [2.24, 2.45) is 0 Å². The van der Waals surface area contributed by atoms with Gasteiger partial charge in [-0.15, -0.1) is 0 Å². The van der Waals surface area contributed by atoms with E-state index in [0.29, 0.717) is 0 Å². The largest absolute Gasteiger partial charge is 0.534 e. The molecule has 0 aliphatic heterocycles. The molecule has 6 nitrogen and oxygen atoms in total. The highest BCUT2D eigenvalue weighted by atomic mass is 32.2. The van der Waals surface area contributed by atoms with E-state index in [9.17, 15) is 43.2 Å². The van der Waals surface area contributed by atoms with Crippen molar-refractivity contribution < 1.29 is 51.5 Å². The summed E-state index contributed by atoms with van der Waals surface area (Å²) in [6, 6.07) is 1.65. The summed E-state index contributed by atoms with van der Waals surface area (Å²) in [5.74, 6) is -1.44. The Labute approximate surface area is 172 Å². The Bertz CT molecular complexity index is 935. The zero-order valence-corrected chi connectivity index (χ0v) is 20.3. The third-order valence-corrected chi connectivity index (χ3v) is 9.61. The van der Waals surface area contributed by atoms with Gasteiger partial charge in [0.2, 0.25) is 0 Å². The molecule has 0 aliphatic rings. The van der Waals surface area contributed by atoms with Gasteiger partial charge in [-0.2, -0.15) is 43.2 Å². The van der Waals surface area contributed by atoms with E-state index in [1.54, 1.807) is 39.3 Å². The number of rotatable bonds is 6. The highest BCUT2D eigenvalue weighted by Gasteiger charge is 2.50. The molecule has 0 fully saturated rings. The van der Waals surface area contributed by atoms with Crippen molar-refractivity contribution >= 4 is 46.8 Å². The smallest absolute Gasteiger partial charge is 0.376 e. The Hall–Kier alpha value is -1.27. The first-order valence-corrected chi connectivity index (χ1v) is 17.9. The minimum atomic E-state index is -6.07. The summed E-state index contributed by atoms with van der Waals surface area (Å²) in [5.41, 5.74) is -11.5. The van der Waals surface area contributed by atoms with Crippen molar-refractivity contribution in [2.75, 3.05) is 0 Å². The standard InChI is InChI=1S/C14H20F6O6S2Si2/c1-29(2,3)11-7-10(26-28(23,24)14(18,19)20)12(30(4,5)6)8-9(11)25-27(21,22)13(15,16)17/h7-8H,1-6H3. The average Bonchev–Trinajstić information content (AvgIpc) is 2.43. The van der Waals surface area contributed by atoms with Crippen molar-refractivity contribution in [1.82, 2.24) is 0 Å². The lowest BCUT2D eigenvalue weighted by Crippen LogP contribution is -2.45. The third kappa shape index (κ3) is 5.91. The van der Waals surface area contributed by atoms with E-state index < -0.39 is 58.9 Å². The molecule has 1 aromatic carbocycles. The first kappa shape index (κ1) is 26.8. The second-order valence-corrected chi connectivity index (χ2v) is 21.5. The fourth-order valence-corrected chi connectivity index (χ4v) is 6.14. The fourth-order valence-electron chi connectivity index (χ4n) is 2.20. The molecule has 174 valence electrons. The van der Waals surface area contributed by atoms with Gasteiger partial charge < -0.3 is 8.37 Å². The molecule has 0 unspecified atom stereocenters. The first-order valence-electron chi connectivity index (χ1n) is 8.11. The van der Waals surface area contributed by atoms with Crippen molar-refractivity contribution in [2.45, 2.75) is 50.3 Å². The van der Waals surface area contributed by atoms with Crippen LogP contribution in [0.2, 0.25) is 39.3 Å². The minimum Gasteiger partial charge on any atom is -0.376 e. The first-order chi connectivity index (χ1) is 12.9. The van der Waals surface area contributed by atoms with Gasteiger partial charge in [0.1, 0.15) is 11.5 Å². The molecule has 1 aromatic rings. The number of hydrogen-bond acceptors (Lipinski definition) is 6. The van der Waals surface area contributed by atoms with E-state index in [-0.39, 0.29) is 10.4 Å². The van der Waals surface area contributed by atoms with Crippen LogP contribution in [0.25, 0.3) is 0 Å². The summed E-state index contributed by atoms with van der Waals surface area (Å²) in [4.78, 5) is 0. The van der Waals surface area contributed by atoms with Gasteiger partial charge in [0.15, 0.2) is 0 Å². The molecule has 0 radical (unpaired) electrons. The Morgan fingerprint density at radius 1 is 0.633 bits per heavy atom. The van der Waals surface area contributed by atoms with Gasteiger partial charge >= 0.3 is 31.3 Å². The second kappa shape index (κ2) is 7.70. The molecule has 1 rings (SSSR count). The quantitative estimate of drug-likeness (QED) is 0.249. The molecule has 0 aromatic heterocycles. The maximum Gasteiger partial charge on any atom is 0.534 e. The molecule has 0 amide bonds. The molecule has 0 saturated heterocycles. The second-order valence-electron chi connectivity index (χ2n) is 8.31. The van der Waals surface area contributed by atoms with Gasteiger partial charge in [-0.3, -0.25) is 0 Å². The number of halogens is 6. The SMILES string of the molecule is C[Si](C)(C)c1cc(OS(=O)(=O)C(F)(F)F)c([Si](C)(C)C)cc1OS(=O)(=O)C(F)(F)F. The average molecular weight is 519 g/mol. The zero-order chi connectivity index (χ0) is 24.1. The number of alkyl halides is 6. The van der Waals surface area contributed by atoms with Crippen LogP contribution in [-0.4, -0.2) is 44.0 Å².